The molecule has 0 spiro atoms. The lowest BCUT2D eigenvalue weighted by molar-refractivity contribution is -0.138. The van der Waals surface area contributed by atoms with Crippen molar-refractivity contribution in [1.82, 2.24) is 95.1 Å². The van der Waals surface area contributed by atoms with Crippen molar-refractivity contribution in [3.63, 3.8) is 0 Å². The van der Waals surface area contributed by atoms with Gasteiger partial charge in [-0.05, 0) is 202 Å². The van der Waals surface area contributed by atoms with Crippen LogP contribution in [-0.2, 0) is 103 Å². The van der Waals surface area contributed by atoms with Crippen molar-refractivity contribution in [2.45, 2.75) is 281 Å². The number of phenolic OH excluding ortho intramolecular Hbond substituents is 1. The summed E-state index contributed by atoms with van der Waals surface area (Å²) in [6.07, 6.45) is -3.08. The number of nitrogens with two attached hydrogens (primary N) is 8. The molecule has 0 bridgehead atoms. The average molecular weight is 2000 g/mol. The van der Waals surface area contributed by atoms with Gasteiger partial charge < -0.3 is 151 Å². The quantitative estimate of drug-likeness (QED) is 0.0166. The van der Waals surface area contributed by atoms with Gasteiger partial charge in [-0.2, -0.15) is 0 Å². The van der Waals surface area contributed by atoms with Crippen molar-refractivity contribution in [2.24, 2.45) is 63.6 Å². The van der Waals surface area contributed by atoms with E-state index in [2.05, 4.69) is 95.1 Å². The van der Waals surface area contributed by atoms with Crippen LogP contribution in [0.1, 0.15) is 193 Å². The average Bonchev–Trinajstić information content (AvgIpc) is 0.776. The molecule has 0 aromatic heterocycles. The summed E-state index contributed by atoms with van der Waals surface area (Å²) in [5.41, 5.74) is 46.8. The first-order chi connectivity index (χ1) is 65.6. The number of carbonyl (C=O) groups is 18. The molecule has 784 valence electrons. The third-order valence-electron chi connectivity index (χ3n) is 21.6. The molecule has 0 fully saturated rings. The van der Waals surface area contributed by atoms with Crippen LogP contribution >= 0.6 is 0 Å². The van der Waals surface area contributed by atoms with Crippen LogP contribution in [0.25, 0.3) is 0 Å². The number of rotatable bonds is 67. The molecule has 0 heterocycles. The van der Waals surface area contributed by atoms with Gasteiger partial charge >= 0.3 is 5.97 Å². The minimum absolute atomic E-state index is 0.00587. The highest BCUT2D eigenvalue weighted by atomic mass is 32.2. The Hall–Kier alpha value is -13.9. The molecule has 0 saturated heterocycles. The molecule has 39 N–H and O–H groups in total. The van der Waals surface area contributed by atoms with E-state index in [-0.39, 0.29) is 113 Å². The molecule has 140 heavy (non-hydrogen) atoms. The number of methoxy groups -OCH3 is 1. The Bertz CT molecular complexity index is 4720. The molecular weight excluding hydrogens is 1850 g/mol. The third-order valence-corrected chi connectivity index (χ3v) is 23.3. The maximum atomic E-state index is 15.0. The monoisotopic (exact) mass is 2000 g/mol. The number of carbonyl (C=O) groups excluding carboxylic acids is 17. The van der Waals surface area contributed by atoms with Crippen LogP contribution in [0.4, 0.5) is 0 Å². The number of carboxylic acids is 1. The van der Waals surface area contributed by atoms with Crippen molar-refractivity contribution in [2.75, 3.05) is 52.9 Å². The van der Waals surface area contributed by atoms with E-state index in [1.54, 1.807) is 27.7 Å². The standard InChI is InChI=1S/C87H147N29O23S/c1-44(2)37-53(90)73(125)106-55(20-13-15-33-89)76(128)111-60(29-31-66(92)119)80(132)110-58(23-18-36-101-87(98)116-140(137,138)71-47(7)39-64(139-11)48(8)49(71)9)78(130)109-57(22-17-35-100-86(96)97)77(129)108-56(21-16-34-99-85(94)95)75(127)104-50(10)72(124)102-42-68(121)105-59(28-30-65(91)118)79(131)112-61(38-45(3)4)83(135)115-70(46(5)6)84(136)114-63(41-67(93)120)82(134)113-62(40-51-24-26-52(117)27-25-51)81(133)107-54(19-12-14-32-88)74(126)103-43-69(122)123/h24-27,39,44-46,50,53-63,70,117H,12-23,28-38,40-43,88-90H2,1-11H3,(H2,91,118)(H2,92,119)(H2,93,120)(H,102,124)(H,103,126)(H,104,127)(H,105,121)(H,106,125)(H,107,133)(H,108,129)(H,109,130)(H,110,132)(H,111,128)(H,112,131)(H,113,134)(H,114,136)(H,115,135)(H,122,123)(H4,94,95,99)(H4,96,97,100)(H3,98,101,116)/t50-,53-,54-,55-,56-,57-,58-,59-,60-,61-,62-,63-,70-/m0/s1. The molecule has 17 amide bonds. The molecule has 2 rings (SSSR count). The zero-order chi connectivity index (χ0) is 106. The van der Waals surface area contributed by atoms with E-state index in [0.29, 0.717) is 53.7 Å². The summed E-state index contributed by atoms with van der Waals surface area (Å²) < 4.78 is 35.2. The molecule has 52 nitrogen and oxygen atoms in total. The van der Waals surface area contributed by atoms with Gasteiger partial charge in [-0.1, -0.05) is 53.7 Å². The van der Waals surface area contributed by atoms with Gasteiger partial charge in [0.2, 0.25) is 106 Å². The van der Waals surface area contributed by atoms with Crippen molar-refractivity contribution in [3.8, 4) is 11.5 Å². The molecular formula is C87H147N29O23S. The van der Waals surface area contributed by atoms with Crippen LogP contribution in [0.15, 0.2) is 35.2 Å². The Labute approximate surface area is 813 Å². The van der Waals surface area contributed by atoms with Crippen LogP contribution in [0, 0.1) is 54.8 Å². The van der Waals surface area contributed by atoms with E-state index in [0.717, 1.165) is 0 Å². The number of benzene rings is 2. The fraction of sp³-hybridized carbons (Fsp3) is 0.621. The number of hydrogen-bond acceptors (Lipinski definition) is 28. The van der Waals surface area contributed by atoms with Gasteiger partial charge in [-0.3, -0.25) is 103 Å². The first-order valence-electron chi connectivity index (χ1n) is 46.0. The number of phenols is 1. The fourth-order valence-corrected chi connectivity index (χ4v) is 15.6. The number of nitrogens with one attached hydrogen (secondary N) is 21. The van der Waals surface area contributed by atoms with Crippen molar-refractivity contribution < 1.29 is 110 Å². The van der Waals surface area contributed by atoms with Crippen LogP contribution in [0.3, 0.4) is 0 Å². The number of aryl methyl sites for hydroxylation is 1. The first kappa shape index (κ1) is 122. The summed E-state index contributed by atoms with van der Waals surface area (Å²) in [5, 5.41) is 85.7. The molecule has 0 aliphatic heterocycles. The predicted molar refractivity (Wildman–Crippen MR) is 513 cm³/mol. The van der Waals surface area contributed by atoms with Gasteiger partial charge in [0.15, 0.2) is 11.9 Å². The van der Waals surface area contributed by atoms with Crippen LogP contribution in [0.2, 0.25) is 0 Å². The van der Waals surface area contributed by atoms with Gasteiger partial charge in [-0.15, -0.1) is 0 Å². The van der Waals surface area contributed by atoms with Crippen LogP contribution in [-0.4, -0.2) is 274 Å². The minimum Gasteiger partial charge on any atom is -0.508 e. The number of guanidine groups is 3. The van der Waals surface area contributed by atoms with Crippen molar-refractivity contribution in [3.05, 3.63) is 52.6 Å². The summed E-state index contributed by atoms with van der Waals surface area (Å²) in [5.74, 6) is -21.4. The Morgan fingerprint density at radius 3 is 1.23 bits per heavy atom. The Kier molecular flexibility index (Phi) is 54.9. The molecule has 0 aliphatic rings. The Balaban J connectivity index is 2.61. The molecule has 2 aromatic rings. The van der Waals surface area contributed by atoms with E-state index in [1.165, 1.54) is 65.1 Å². The van der Waals surface area contributed by atoms with Gasteiger partial charge in [0, 0.05) is 38.9 Å². The third kappa shape index (κ3) is 47.0. The number of amides is 17. The van der Waals surface area contributed by atoms with Gasteiger partial charge in [0.25, 0.3) is 10.0 Å². The normalized spacial score (nSPS) is 13.9. The summed E-state index contributed by atoms with van der Waals surface area (Å²) in [4.78, 5) is 248. The number of aromatic hydroxyl groups is 1. The molecule has 53 heteroatoms. The van der Waals surface area contributed by atoms with Crippen molar-refractivity contribution in [1.29, 1.82) is 16.2 Å². The number of hydrogen-bond donors (Lipinski definition) is 31. The molecule has 0 saturated carbocycles. The second-order valence-corrected chi connectivity index (χ2v) is 36.6. The van der Waals surface area contributed by atoms with E-state index < -0.39 is 276 Å². The summed E-state index contributed by atoms with van der Waals surface area (Å²) in [6, 6.07) is -13.4. The van der Waals surface area contributed by atoms with Crippen molar-refractivity contribution >= 4 is 134 Å². The predicted octanol–water partition coefficient (Wildman–Crippen LogP) is -7.43. The maximum absolute atomic E-state index is 15.0. The second kappa shape index (κ2) is 62.9. The number of primary amides is 3. The van der Waals surface area contributed by atoms with E-state index in [1.807, 2.05) is 13.8 Å². The topological polar surface area (TPSA) is 887 Å². The summed E-state index contributed by atoms with van der Waals surface area (Å²) in [6.45, 7) is 14.1. The maximum Gasteiger partial charge on any atom is 0.322 e. The summed E-state index contributed by atoms with van der Waals surface area (Å²) in [7, 11) is -3.02. The molecule has 2 aromatic carbocycles. The number of ether oxygens (including phenoxy) is 1. The number of sulfonamides is 1. The van der Waals surface area contributed by atoms with Crippen LogP contribution in [0.5, 0.6) is 11.5 Å². The molecule has 0 aliphatic carbocycles. The lowest BCUT2D eigenvalue weighted by Crippen LogP contribution is -2.61. The molecule has 13 atom stereocenters. The Morgan fingerprint density at radius 2 is 0.800 bits per heavy atom. The number of unbranched alkanes of at least 4 members (excludes halogenated alkanes) is 2. The first-order valence-corrected chi connectivity index (χ1v) is 47.5. The fourth-order valence-electron chi connectivity index (χ4n) is 14.2. The zero-order valence-corrected chi connectivity index (χ0v) is 82.0. The SMILES string of the molecule is COc1cc(C)c(S(=O)(=O)NC(=N)NCCC[C@H](NC(=O)[C@H](CCC(N)=O)NC(=O)[C@H](CCCCN)NC(=O)[C@@H](N)CC(C)C)C(=O)N[C@@H](CCCNC(=N)N)C(=O)N[C@@H](CCCNC(=N)N)C(=O)N[C@@H](C)C(=O)NCC(=O)N[C@@H](CCC(N)=O)C(=O)N[C@@H](CC(C)C)C(=O)N[C@H](C(=O)N[C@@H](CC(N)=O)C(=O)N[C@@H](Cc2ccc(O)cc2)C(=O)N[C@@H](CCCCN)C(=O)NCC(=O)O)C(C)C)c(C)c1C. The van der Waals surface area contributed by atoms with Gasteiger partial charge in [-0.25, -0.2) is 13.1 Å². The van der Waals surface area contributed by atoms with E-state index in [4.69, 9.17) is 66.8 Å². The summed E-state index contributed by atoms with van der Waals surface area (Å²) >= 11 is 0. The highest BCUT2D eigenvalue weighted by molar-refractivity contribution is 7.90. The minimum atomic E-state index is -4.44. The highest BCUT2D eigenvalue weighted by Crippen LogP contribution is 2.31. The zero-order valence-electron chi connectivity index (χ0n) is 81.2. The second-order valence-electron chi connectivity index (χ2n) is 34.9. The van der Waals surface area contributed by atoms with E-state index in [9.17, 15) is 100 Å². The Morgan fingerprint density at radius 1 is 0.414 bits per heavy atom. The van der Waals surface area contributed by atoms with Gasteiger partial charge in [0.1, 0.15) is 90.5 Å². The van der Waals surface area contributed by atoms with Crippen LogP contribution < -0.4 is 146 Å². The number of aliphatic carboxylic acids is 1. The lowest BCUT2D eigenvalue weighted by atomic mass is 9.98. The number of carboxylic acid groups (broad SMARTS) is 1. The molecule has 0 radical (unpaired) electrons. The highest BCUT2D eigenvalue weighted by Gasteiger charge is 2.39. The van der Waals surface area contributed by atoms with E-state index >= 15 is 4.79 Å². The molecule has 0 unspecified atom stereocenters. The lowest BCUT2D eigenvalue weighted by Gasteiger charge is -2.29. The smallest absolute Gasteiger partial charge is 0.322 e. The van der Waals surface area contributed by atoms with Gasteiger partial charge in [0.05, 0.1) is 31.0 Å². The largest absolute Gasteiger partial charge is 0.508 e.